The van der Waals surface area contributed by atoms with E-state index < -0.39 is 0 Å². The molecule has 0 amide bonds. The summed E-state index contributed by atoms with van der Waals surface area (Å²) >= 11 is 0. The SMILES string of the molecule is CNc1nc(C2CC2)ccc1C#N. The first-order valence-electron chi connectivity index (χ1n) is 4.44. The van der Waals surface area contributed by atoms with Crippen molar-refractivity contribution in [2.75, 3.05) is 12.4 Å². The van der Waals surface area contributed by atoms with Crippen LogP contribution in [0.5, 0.6) is 0 Å². The average molecular weight is 173 g/mol. The summed E-state index contributed by atoms with van der Waals surface area (Å²) in [6.07, 6.45) is 2.48. The van der Waals surface area contributed by atoms with E-state index in [1.807, 2.05) is 12.1 Å². The van der Waals surface area contributed by atoms with Gasteiger partial charge in [-0.2, -0.15) is 5.26 Å². The van der Waals surface area contributed by atoms with Gasteiger partial charge >= 0.3 is 0 Å². The summed E-state index contributed by atoms with van der Waals surface area (Å²) in [7, 11) is 1.79. The molecule has 0 aliphatic heterocycles. The monoisotopic (exact) mass is 173 g/mol. The maximum Gasteiger partial charge on any atom is 0.143 e. The maximum absolute atomic E-state index is 8.76. The molecule has 1 aliphatic rings. The van der Waals surface area contributed by atoms with E-state index in [-0.39, 0.29) is 0 Å². The molecule has 3 heteroatoms. The number of anilines is 1. The van der Waals surface area contributed by atoms with Gasteiger partial charge in [0.25, 0.3) is 0 Å². The van der Waals surface area contributed by atoms with E-state index in [2.05, 4.69) is 16.4 Å². The number of nitriles is 1. The van der Waals surface area contributed by atoms with Gasteiger partial charge in [0.05, 0.1) is 5.56 Å². The lowest BCUT2D eigenvalue weighted by Gasteiger charge is -2.04. The molecule has 0 unspecified atom stereocenters. The van der Waals surface area contributed by atoms with Gasteiger partial charge < -0.3 is 5.32 Å². The van der Waals surface area contributed by atoms with Crippen molar-refractivity contribution in [3.63, 3.8) is 0 Å². The molecule has 1 aliphatic carbocycles. The second kappa shape index (κ2) is 3.06. The summed E-state index contributed by atoms with van der Waals surface area (Å²) in [6.45, 7) is 0. The number of hydrogen-bond donors (Lipinski definition) is 1. The van der Waals surface area contributed by atoms with Crippen molar-refractivity contribution in [2.45, 2.75) is 18.8 Å². The summed E-state index contributed by atoms with van der Waals surface area (Å²) in [5.41, 5.74) is 1.73. The molecule has 13 heavy (non-hydrogen) atoms. The third-order valence-corrected chi connectivity index (χ3v) is 2.27. The molecule has 1 saturated carbocycles. The summed E-state index contributed by atoms with van der Waals surface area (Å²) in [6, 6.07) is 5.90. The molecule has 3 nitrogen and oxygen atoms in total. The zero-order valence-electron chi connectivity index (χ0n) is 7.54. The second-order valence-electron chi connectivity index (χ2n) is 3.27. The normalized spacial score (nSPS) is 15.1. The minimum Gasteiger partial charge on any atom is -0.372 e. The van der Waals surface area contributed by atoms with Crippen LogP contribution < -0.4 is 5.32 Å². The molecule has 1 fully saturated rings. The van der Waals surface area contributed by atoms with E-state index in [0.29, 0.717) is 17.3 Å². The third-order valence-electron chi connectivity index (χ3n) is 2.27. The van der Waals surface area contributed by atoms with E-state index >= 15 is 0 Å². The molecule has 0 radical (unpaired) electrons. The number of nitrogens with zero attached hydrogens (tertiary/aromatic N) is 2. The van der Waals surface area contributed by atoms with Crippen molar-refractivity contribution < 1.29 is 0 Å². The van der Waals surface area contributed by atoms with Crippen LogP contribution in [0, 0.1) is 11.3 Å². The fourth-order valence-corrected chi connectivity index (χ4v) is 1.36. The Bertz CT molecular complexity index is 361. The molecular formula is C10H11N3. The summed E-state index contributed by atoms with van der Waals surface area (Å²) in [5, 5.41) is 11.7. The van der Waals surface area contributed by atoms with Crippen molar-refractivity contribution in [3.8, 4) is 6.07 Å². The highest BCUT2D eigenvalue weighted by Gasteiger charge is 2.25. The highest BCUT2D eigenvalue weighted by Crippen LogP contribution is 2.39. The molecule has 0 saturated heterocycles. The van der Waals surface area contributed by atoms with Crippen LogP contribution >= 0.6 is 0 Å². The zero-order chi connectivity index (χ0) is 9.26. The van der Waals surface area contributed by atoms with Gasteiger partial charge in [-0.05, 0) is 25.0 Å². The van der Waals surface area contributed by atoms with Crippen molar-refractivity contribution in [1.29, 1.82) is 5.26 Å². The summed E-state index contributed by atoms with van der Waals surface area (Å²) in [5.74, 6) is 1.34. The Morgan fingerprint density at radius 1 is 1.54 bits per heavy atom. The first-order valence-corrected chi connectivity index (χ1v) is 4.44. The highest BCUT2D eigenvalue weighted by molar-refractivity contribution is 5.52. The Balaban J connectivity index is 2.38. The van der Waals surface area contributed by atoms with Crippen LogP contribution in [0.4, 0.5) is 5.82 Å². The predicted octanol–water partition coefficient (Wildman–Crippen LogP) is 1.87. The standard InChI is InChI=1S/C10H11N3/c1-12-10-8(6-11)4-5-9(13-10)7-2-3-7/h4-5,7H,2-3H2,1H3,(H,12,13). The van der Waals surface area contributed by atoms with E-state index in [1.165, 1.54) is 12.8 Å². The number of nitrogens with one attached hydrogen (secondary N) is 1. The quantitative estimate of drug-likeness (QED) is 0.742. The van der Waals surface area contributed by atoms with Crippen LogP contribution in [-0.2, 0) is 0 Å². The minimum absolute atomic E-state index is 0.618. The Morgan fingerprint density at radius 3 is 2.85 bits per heavy atom. The van der Waals surface area contributed by atoms with E-state index in [4.69, 9.17) is 5.26 Å². The lowest BCUT2D eigenvalue weighted by atomic mass is 10.2. The largest absolute Gasteiger partial charge is 0.372 e. The van der Waals surface area contributed by atoms with Crippen molar-refractivity contribution in [3.05, 3.63) is 23.4 Å². The van der Waals surface area contributed by atoms with Gasteiger partial charge in [-0.25, -0.2) is 4.98 Å². The molecule has 0 bridgehead atoms. The van der Waals surface area contributed by atoms with Crippen LogP contribution in [-0.4, -0.2) is 12.0 Å². The van der Waals surface area contributed by atoms with Crippen LogP contribution in [0.15, 0.2) is 12.1 Å². The topological polar surface area (TPSA) is 48.7 Å². The molecule has 0 spiro atoms. The third kappa shape index (κ3) is 1.48. The number of pyridine rings is 1. The van der Waals surface area contributed by atoms with Gasteiger partial charge in [0.15, 0.2) is 0 Å². The van der Waals surface area contributed by atoms with Gasteiger partial charge in [0, 0.05) is 18.7 Å². The Morgan fingerprint density at radius 2 is 2.31 bits per heavy atom. The number of hydrogen-bond acceptors (Lipinski definition) is 3. The maximum atomic E-state index is 8.76. The molecule has 1 aromatic rings. The Hall–Kier alpha value is -1.56. The minimum atomic E-state index is 0.618. The number of aromatic nitrogens is 1. The first-order chi connectivity index (χ1) is 6.35. The van der Waals surface area contributed by atoms with Gasteiger partial charge in [0.2, 0.25) is 0 Å². The van der Waals surface area contributed by atoms with E-state index in [1.54, 1.807) is 7.05 Å². The molecular weight excluding hydrogens is 162 g/mol. The molecule has 0 aromatic carbocycles. The number of rotatable bonds is 2. The molecule has 1 aromatic heterocycles. The molecule has 66 valence electrons. The fourth-order valence-electron chi connectivity index (χ4n) is 1.36. The molecule has 2 rings (SSSR count). The van der Waals surface area contributed by atoms with Crippen molar-refractivity contribution >= 4 is 5.82 Å². The smallest absolute Gasteiger partial charge is 0.143 e. The van der Waals surface area contributed by atoms with Crippen LogP contribution in [0.3, 0.4) is 0 Å². The van der Waals surface area contributed by atoms with Crippen molar-refractivity contribution in [2.24, 2.45) is 0 Å². The Kier molecular flexibility index (Phi) is 1.90. The van der Waals surface area contributed by atoms with Gasteiger partial charge in [-0.1, -0.05) is 0 Å². The molecule has 0 atom stereocenters. The van der Waals surface area contributed by atoms with Crippen LogP contribution in [0.2, 0.25) is 0 Å². The second-order valence-corrected chi connectivity index (χ2v) is 3.27. The van der Waals surface area contributed by atoms with Gasteiger partial charge in [-0.15, -0.1) is 0 Å². The van der Waals surface area contributed by atoms with Gasteiger partial charge in [-0.3, -0.25) is 0 Å². The fraction of sp³-hybridized carbons (Fsp3) is 0.400. The molecule has 1 heterocycles. The Labute approximate surface area is 77.4 Å². The van der Waals surface area contributed by atoms with Crippen LogP contribution in [0.25, 0.3) is 0 Å². The lowest BCUT2D eigenvalue weighted by molar-refractivity contribution is 1.02. The first kappa shape index (κ1) is 8.06. The summed E-state index contributed by atoms with van der Waals surface area (Å²) < 4.78 is 0. The van der Waals surface area contributed by atoms with E-state index in [0.717, 1.165) is 5.69 Å². The van der Waals surface area contributed by atoms with Crippen molar-refractivity contribution in [1.82, 2.24) is 4.98 Å². The van der Waals surface area contributed by atoms with Gasteiger partial charge in [0.1, 0.15) is 11.9 Å². The van der Waals surface area contributed by atoms with E-state index in [9.17, 15) is 0 Å². The molecule has 1 N–H and O–H groups in total. The average Bonchev–Trinajstić information content (AvgIpc) is 3.00. The van der Waals surface area contributed by atoms with Crippen LogP contribution in [0.1, 0.15) is 30.0 Å². The predicted molar refractivity (Wildman–Crippen MR) is 50.5 cm³/mol. The lowest BCUT2D eigenvalue weighted by Crippen LogP contribution is -1.98. The zero-order valence-corrected chi connectivity index (χ0v) is 7.54. The highest BCUT2D eigenvalue weighted by atomic mass is 15.0. The summed E-state index contributed by atoms with van der Waals surface area (Å²) in [4.78, 5) is 4.39.